The van der Waals surface area contributed by atoms with Crippen molar-refractivity contribution in [1.82, 2.24) is 5.32 Å². The van der Waals surface area contributed by atoms with Crippen LogP contribution in [0.3, 0.4) is 0 Å². The Hall–Kier alpha value is -3.32. The lowest BCUT2D eigenvalue weighted by molar-refractivity contribution is -0.122. The first-order valence-electron chi connectivity index (χ1n) is 9.95. The van der Waals surface area contributed by atoms with E-state index in [0.29, 0.717) is 27.0 Å². The second-order valence-corrected chi connectivity index (χ2v) is 9.34. The van der Waals surface area contributed by atoms with Crippen molar-refractivity contribution < 1.29 is 14.3 Å². The molecular formula is C25H15Br2N3O3S. The van der Waals surface area contributed by atoms with E-state index in [4.69, 9.17) is 17.0 Å². The maximum atomic E-state index is 13.1. The molecule has 1 heterocycles. The van der Waals surface area contributed by atoms with Crippen molar-refractivity contribution in [2.24, 2.45) is 0 Å². The highest BCUT2D eigenvalue weighted by atomic mass is 79.9. The minimum atomic E-state index is -0.562. The number of hydrogen-bond donors (Lipinski definition) is 1. The number of nitrogens with one attached hydrogen (secondary N) is 1. The standard InChI is InChI=1S/C25H15Br2N3O3S/c26-18-6-8-19(9-7-18)30-24(32)20(23(31)29-25(30)34)11-15-5-10-22(21(27)12-15)33-14-17-4-2-1-3-16(17)13-28/h1-12H,14H2,(H,29,31,34)/b20-11+. The fourth-order valence-corrected chi connectivity index (χ4v) is 4.34. The van der Waals surface area contributed by atoms with Gasteiger partial charge in [0.1, 0.15) is 17.9 Å². The van der Waals surface area contributed by atoms with Crippen LogP contribution in [-0.4, -0.2) is 16.9 Å². The highest BCUT2D eigenvalue weighted by Crippen LogP contribution is 2.29. The van der Waals surface area contributed by atoms with Crippen molar-refractivity contribution in [2.75, 3.05) is 4.90 Å². The molecule has 0 radical (unpaired) electrons. The quantitative estimate of drug-likeness (QED) is 0.239. The second kappa shape index (κ2) is 10.3. The first-order chi connectivity index (χ1) is 16.4. The van der Waals surface area contributed by atoms with E-state index in [-0.39, 0.29) is 17.3 Å². The largest absolute Gasteiger partial charge is 0.488 e. The van der Waals surface area contributed by atoms with Crippen molar-refractivity contribution in [3.05, 3.63) is 97.9 Å². The first-order valence-corrected chi connectivity index (χ1v) is 11.9. The number of nitrogens with zero attached hydrogens (tertiary/aromatic N) is 2. The molecule has 168 valence electrons. The maximum Gasteiger partial charge on any atom is 0.270 e. The van der Waals surface area contributed by atoms with Crippen molar-refractivity contribution in [2.45, 2.75) is 6.61 Å². The summed E-state index contributed by atoms with van der Waals surface area (Å²) in [6, 6.07) is 21.6. The van der Waals surface area contributed by atoms with Gasteiger partial charge in [0.25, 0.3) is 11.8 Å². The first kappa shape index (κ1) is 23.8. The number of thiocarbonyl (C=S) groups is 1. The van der Waals surface area contributed by atoms with Gasteiger partial charge in [-0.25, -0.2) is 0 Å². The van der Waals surface area contributed by atoms with Crippen LogP contribution in [0.2, 0.25) is 0 Å². The van der Waals surface area contributed by atoms with Crippen LogP contribution in [-0.2, 0) is 16.2 Å². The van der Waals surface area contributed by atoms with E-state index in [2.05, 4.69) is 43.2 Å². The molecule has 6 nitrogen and oxygen atoms in total. The van der Waals surface area contributed by atoms with Gasteiger partial charge in [0.2, 0.25) is 0 Å². The molecule has 1 aliphatic heterocycles. The second-order valence-electron chi connectivity index (χ2n) is 7.18. The number of rotatable bonds is 5. The number of ether oxygens (including phenoxy) is 1. The predicted molar refractivity (Wildman–Crippen MR) is 140 cm³/mol. The Morgan fingerprint density at radius 3 is 2.50 bits per heavy atom. The van der Waals surface area contributed by atoms with Gasteiger partial charge in [0.05, 0.1) is 21.8 Å². The molecule has 0 saturated carbocycles. The summed E-state index contributed by atoms with van der Waals surface area (Å²) in [4.78, 5) is 27.0. The Morgan fingerprint density at radius 1 is 1.06 bits per heavy atom. The average molecular weight is 597 g/mol. The number of benzene rings is 3. The van der Waals surface area contributed by atoms with Gasteiger partial charge in [-0.2, -0.15) is 5.26 Å². The topological polar surface area (TPSA) is 82.4 Å². The predicted octanol–water partition coefficient (Wildman–Crippen LogP) is 5.49. The zero-order valence-corrected chi connectivity index (χ0v) is 21.4. The van der Waals surface area contributed by atoms with E-state index in [1.54, 1.807) is 54.6 Å². The number of carbonyl (C=O) groups excluding carboxylic acids is 2. The van der Waals surface area contributed by atoms with Gasteiger partial charge in [-0.15, -0.1) is 0 Å². The molecule has 1 aliphatic rings. The maximum absolute atomic E-state index is 13.1. The summed E-state index contributed by atoms with van der Waals surface area (Å²) in [5.41, 5.74) is 2.46. The Balaban J connectivity index is 1.56. The molecule has 0 unspecified atom stereocenters. The minimum Gasteiger partial charge on any atom is -0.488 e. The van der Waals surface area contributed by atoms with Crippen molar-refractivity contribution in [3.63, 3.8) is 0 Å². The Bertz CT molecular complexity index is 1380. The van der Waals surface area contributed by atoms with Crippen LogP contribution in [0.4, 0.5) is 5.69 Å². The van der Waals surface area contributed by atoms with Crippen LogP contribution in [0.25, 0.3) is 6.08 Å². The minimum absolute atomic E-state index is 0.0250. The number of amides is 2. The van der Waals surface area contributed by atoms with E-state index in [1.807, 2.05) is 12.1 Å². The van der Waals surface area contributed by atoms with E-state index < -0.39 is 11.8 Å². The molecule has 1 N–H and O–H groups in total. The fourth-order valence-electron chi connectivity index (χ4n) is 3.28. The number of anilines is 1. The lowest BCUT2D eigenvalue weighted by atomic mass is 10.1. The zero-order valence-electron chi connectivity index (χ0n) is 17.4. The van der Waals surface area contributed by atoms with Crippen LogP contribution < -0.4 is 15.0 Å². The summed E-state index contributed by atoms with van der Waals surface area (Å²) >= 11 is 12.1. The molecule has 0 aromatic heterocycles. The van der Waals surface area contributed by atoms with Crippen molar-refractivity contribution in [3.8, 4) is 11.8 Å². The molecule has 4 rings (SSSR count). The molecule has 0 atom stereocenters. The monoisotopic (exact) mass is 595 g/mol. The van der Waals surface area contributed by atoms with Gasteiger partial charge < -0.3 is 4.74 Å². The van der Waals surface area contributed by atoms with E-state index in [0.717, 1.165) is 10.0 Å². The Kier molecular flexibility index (Phi) is 7.22. The highest BCUT2D eigenvalue weighted by molar-refractivity contribution is 9.10. The zero-order chi connectivity index (χ0) is 24.2. The number of halogens is 2. The summed E-state index contributed by atoms with van der Waals surface area (Å²) in [6.07, 6.45) is 1.50. The molecular weight excluding hydrogens is 582 g/mol. The lowest BCUT2D eigenvalue weighted by Gasteiger charge is -2.29. The number of carbonyl (C=O) groups is 2. The molecule has 1 fully saturated rings. The molecule has 0 aliphatic carbocycles. The van der Waals surface area contributed by atoms with Crippen LogP contribution in [0.1, 0.15) is 16.7 Å². The highest BCUT2D eigenvalue weighted by Gasteiger charge is 2.34. The Morgan fingerprint density at radius 2 is 1.79 bits per heavy atom. The SMILES string of the molecule is N#Cc1ccccc1COc1ccc(/C=C2\C(=O)NC(=S)N(c3ccc(Br)cc3)C2=O)cc1Br. The van der Waals surface area contributed by atoms with Gasteiger partial charge in [-0.3, -0.25) is 19.8 Å². The summed E-state index contributed by atoms with van der Waals surface area (Å²) in [7, 11) is 0. The summed E-state index contributed by atoms with van der Waals surface area (Å²) in [5.74, 6) is -0.513. The normalized spacial score (nSPS) is 14.7. The van der Waals surface area contributed by atoms with Crippen molar-refractivity contribution in [1.29, 1.82) is 5.26 Å². The van der Waals surface area contributed by atoms with Gasteiger partial charge in [0.15, 0.2) is 5.11 Å². The van der Waals surface area contributed by atoms with Crippen molar-refractivity contribution >= 4 is 72.8 Å². The van der Waals surface area contributed by atoms with Gasteiger partial charge in [0, 0.05) is 10.0 Å². The smallest absolute Gasteiger partial charge is 0.270 e. The Labute approximate surface area is 218 Å². The number of hydrogen-bond acceptors (Lipinski definition) is 5. The molecule has 2 amide bonds. The molecule has 0 bridgehead atoms. The third-order valence-corrected chi connectivity index (χ3v) is 6.41. The molecule has 1 saturated heterocycles. The number of nitriles is 1. The lowest BCUT2D eigenvalue weighted by Crippen LogP contribution is -2.54. The molecule has 3 aromatic rings. The van der Waals surface area contributed by atoms with Crippen LogP contribution in [0, 0.1) is 11.3 Å². The van der Waals surface area contributed by atoms with Crippen LogP contribution in [0.15, 0.2) is 81.2 Å². The fraction of sp³-hybridized carbons (Fsp3) is 0.0400. The summed E-state index contributed by atoms with van der Waals surface area (Å²) in [6.45, 7) is 0.225. The molecule has 3 aromatic carbocycles. The third kappa shape index (κ3) is 5.09. The van der Waals surface area contributed by atoms with Gasteiger partial charge >= 0.3 is 0 Å². The van der Waals surface area contributed by atoms with Crippen LogP contribution >= 0.6 is 44.1 Å². The third-order valence-electron chi connectivity index (χ3n) is 4.97. The molecule has 0 spiro atoms. The van der Waals surface area contributed by atoms with Gasteiger partial charge in [-0.05, 0) is 82.3 Å². The van der Waals surface area contributed by atoms with E-state index in [1.165, 1.54) is 11.0 Å². The van der Waals surface area contributed by atoms with E-state index >= 15 is 0 Å². The van der Waals surface area contributed by atoms with Crippen LogP contribution in [0.5, 0.6) is 5.75 Å². The average Bonchev–Trinajstić information content (AvgIpc) is 2.82. The molecule has 34 heavy (non-hydrogen) atoms. The summed E-state index contributed by atoms with van der Waals surface area (Å²) in [5, 5.41) is 11.8. The van der Waals surface area contributed by atoms with E-state index in [9.17, 15) is 14.9 Å². The van der Waals surface area contributed by atoms with Gasteiger partial charge in [-0.1, -0.05) is 40.2 Å². The summed E-state index contributed by atoms with van der Waals surface area (Å²) < 4.78 is 7.35. The molecule has 9 heteroatoms.